The molecule has 1 aromatic carbocycles. The molecule has 2 nitrogen and oxygen atoms in total. The lowest BCUT2D eigenvalue weighted by atomic mass is 10.1. The van der Waals surface area contributed by atoms with E-state index in [0.29, 0.717) is 5.56 Å². The molecule has 0 amide bonds. The van der Waals surface area contributed by atoms with E-state index in [1.807, 2.05) is 12.1 Å². The van der Waals surface area contributed by atoms with E-state index in [1.54, 1.807) is 11.4 Å². The molecule has 0 aliphatic rings. The van der Waals surface area contributed by atoms with Gasteiger partial charge in [0.1, 0.15) is 0 Å². The van der Waals surface area contributed by atoms with E-state index >= 15 is 0 Å². The third kappa shape index (κ3) is 2.14. The number of carboxylic acids is 1. The SMILES string of the molecule is CCc1ccc(-c2cc(C(=O)O)cs2)cc1. The zero-order valence-electron chi connectivity index (χ0n) is 8.93. The molecule has 0 spiro atoms. The Hall–Kier alpha value is -1.61. The standard InChI is InChI=1S/C13H12O2S/c1-2-9-3-5-10(6-4-9)12-7-11(8-16-12)13(14)15/h3-8H,2H2,1H3,(H,14,15). The maximum Gasteiger partial charge on any atom is 0.336 e. The Kier molecular flexibility index (Phi) is 3.06. The highest BCUT2D eigenvalue weighted by Crippen LogP contribution is 2.27. The molecule has 3 heteroatoms. The molecule has 0 fully saturated rings. The number of benzene rings is 1. The molecule has 0 saturated heterocycles. The second-order valence-corrected chi connectivity index (χ2v) is 4.47. The van der Waals surface area contributed by atoms with Gasteiger partial charge in [0.25, 0.3) is 0 Å². The molecule has 0 bridgehead atoms. The van der Waals surface area contributed by atoms with Gasteiger partial charge in [-0.15, -0.1) is 11.3 Å². The average Bonchev–Trinajstić information content (AvgIpc) is 2.78. The van der Waals surface area contributed by atoms with E-state index in [2.05, 4.69) is 19.1 Å². The van der Waals surface area contributed by atoms with Crippen LogP contribution in [0, 0.1) is 0 Å². The van der Waals surface area contributed by atoms with Crippen LogP contribution in [0.1, 0.15) is 22.8 Å². The van der Waals surface area contributed by atoms with Crippen molar-refractivity contribution in [2.24, 2.45) is 0 Å². The smallest absolute Gasteiger partial charge is 0.336 e. The van der Waals surface area contributed by atoms with Crippen LogP contribution >= 0.6 is 11.3 Å². The summed E-state index contributed by atoms with van der Waals surface area (Å²) in [6.07, 6.45) is 1.02. The van der Waals surface area contributed by atoms with Crippen molar-refractivity contribution in [3.8, 4) is 10.4 Å². The molecular weight excluding hydrogens is 220 g/mol. The first-order chi connectivity index (χ1) is 7.70. The van der Waals surface area contributed by atoms with E-state index in [9.17, 15) is 4.79 Å². The number of rotatable bonds is 3. The van der Waals surface area contributed by atoms with Crippen molar-refractivity contribution in [1.82, 2.24) is 0 Å². The normalized spacial score (nSPS) is 10.3. The minimum Gasteiger partial charge on any atom is -0.478 e. The van der Waals surface area contributed by atoms with E-state index in [4.69, 9.17) is 5.11 Å². The predicted molar refractivity (Wildman–Crippen MR) is 66.1 cm³/mol. The minimum absolute atomic E-state index is 0.361. The molecule has 1 heterocycles. The summed E-state index contributed by atoms with van der Waals surface area (Å²) in [5.74, 6) is -0.868. The molecule has 0 saturated carbocycles. The molecule has 1 aromatic heterocycles. The van der Waals surface area contributed by atoms with Gasteiger partial charge in [0.2, 0.25) is 0 Å². The Morgan fingerprint density at radius 3 is 2.50 bits per heavy atom. The summed E-state index contributed by atoms with van der Waals surface area (Å²) < 4.78 is 0. The Morgan fingerprint density at radius 1 is 1.31 bits per heavy atom. The number of hydrogen-bond donors (Lipinski definition) is 1. The van der Waals surface area contributed by atoms with Crippen LogP contribution in [0.2, 0.25) is 0 Å². The summed E-state index contributed by atoms with van der Waals surface area (Å²) in [5, 5.41) is 10.5. The lowest BCUT2D eigenvalue weighted by Gasteiger charge is -1.99. The Labute approximate surface area is 98.2 Å². The van der Waals surface area contributed by atoms with Crippen LogP contribution in [0.5, 0.6) is 0 Å². The summed E-state index contributed by atoms with van der Waals surface area (Å²) in [5.41, 5.74) is 2.73. The molecule has 0 aliphatic heterocycles. The summed E-state index contributed by atoms with van der Waals surface area (Å²) in [6, 6.07) is 9.95. The first-order valence-corrected chi connectivity index (χ1v) is 6.00. The Balaban J connectivity index is 2.31. The van der Waals surface area contributed by atoms with E-state index in [0.717, 1.165) is 16.9 Å². The highest BCUT2D eigenvalue weighted by Gasteiger charge is 2.07. The number of hydrogen-bond acceptors (Lipinski definition) is 2. The fourth-order valence-electron chi connectivity index (χ4n) is 1.50. The van der Waals surface area contributed by atoms with E-state index < -0.39 is 5.97 Å². The van der Waals surface area contributed by atoms with Gasteiger partial charge >= 0.3 is 5.97 Å². The summed E-state index contributed by atoms with van der Waals surface area (Å²) in [7, 11) is 0. The van der Waals surface area contributed by atoms with Crippen LogP contribution in [0.15, 0.2) is 35.7 Å². The van der Waals surface area contributed by atoms with Crippen molar-refractivity contribution in [3.63, 3.8) is 0 Å². The number of thiophene rings is 1. The van der Waals surface area contributed by atoms with Crippen LogP contribution in [-0.2, 0) is 6.42 Å². The number of carbonyl (C=O) groups is 1. The van der Waals surface area contributed by atoms with E-state index in [1.165, 1.54) is 16.9 Å². The van der Waals surface area contributed by atoms with Crippen LogP contribution < -0.4 is 0 Å². The molecule has 2 rings (SSSR count). The fourth-order valence-corrected chi connectivity index (χ4v) is 2.39. The molecule has 82 valence electrons. The molecular formula is C13H12O2S. The highest BCUT2D eigenvalue weighted by atomic mass is 32.1. The fraction of sp³-hybridized carbons (Fsp3) is 0.154. The van der Waals surface area contributed by atoms with Crippen LogP contribution in [0.3, 0.4) is 0 Å². The van der Waals surface area contributed by atoms with Gasteiger partial charge in [-0.2, -0.15) is 0 Å². The average molecular weight is 232 g/mol. The predicted octanol–water partition coefficient (Wildman–Crippen LogP) is 3.68. The van der Waals surface area contributed by atoms with Crippen molar-refractivity contribution in [1.29, 1.82) is 0 Å². The zero-order valence-corrected chi connectivity index (χ0v) is 9.75. The van der Waals surface area contributed by atoms with Crippen LogP contribution in [0.25, 0.3) is 10.4 Å². The van der Waals surface area contributed by atoms with Gasteiger partial charge in [-0.05, 0) is 23.6 Å². The topological polar surface area (TPSA) is 37.3 Å². The van der Waals surface area contributed by atoms with Crippen LogP contribution in [-0.4, -0.2) is 11.1 Å². The lowest BCUT2D eigenvalue weighted by molar-refractivity contribution is 0.0697. The van der Waals surface area contributed by atoms with Gasteiger partial charge in [-0.3, -0.25) is 0 Å². The summed E-state index contributed by atoms with van der Waals surface area (Å²) >= 11 is 1.46. The number of aryl methyl sites for hydroxylation is 1. The third-order valence-corrected chi connectivity index (χ3v) is 3.47. The Morgan fingerprint density at radius 2 is 2.00 bits per heavy atom. The molecule has 0 atom stereocenters. The molecule has 0 aliphatic carbocycles. The van der Waals surface area contributed by atoms with Crippen molar-refractivity contribution in [2.75, 3.05) is 0 Å². The largest absolute Gasteiger partial charge is 0.478 e. The zero-order chi connectivity index (χ0) is 11.5. The minimum atomic E-state index is -0.868. The van der Waals surface area contributed by atoms with Gasteiger partial charge in [0, 0.05) is 10.3 Å². The van der Waals surface area contributed by atoms with Crippen molar-refractivity contribution < 1.29 is 9.90 Å². The summed E-state index contributed by atoms with van der Waals surface area (Å²) in [6.45, 7) is 2.11. The molecule has 0 unspecified atom stereocenters. The highest BCUT2D eigenvalue weighted by molar-refractivity contribution is 7.13. The number of aromatic carboxylic acids is 1. The van der Waals surface area contributed by atoms with Crippen molar-refractivity contribution in [2.45, 2.75) is 13.3 Å². The quantitative estimate of drug-likeness (QED) is 0.876. The van der Waals surface area contributed by atoms with Gasteiger partial charge in [-0.1, -0.05) is 31.2 Å². The van der Waals surface area contributed by atoms with Gasteiger partial charge in [-0.25, -0.2) is 4.79 Å². The maximum atomic E-state index is 10.8. The summed E-state index contributed by atoms with van der Waals surface area (Å²) in [4.78, 5) is 11.8. The van der Waals surface area contributed by atoms with Crippen molar-refractivity contribution >= 4 is 17.3 Å². The molecule has 16 heavy (non-hydrogen) atoms. The lowest BCUT2D eigenvalue weighted by Crippen LogP contribution is -1.91. The molecule has 0 radical (unpaired) electrons. The molecule has 2 aromatic rings. The Bertz CT molecular complexity index is 497. The third-order valence-electron chi connectivity index (χ3n) is 2.49. The monoisotopic (exact) mass is 232 g/mol. The van der Waals surface area contributed by atoms with Gasteiger partial charge in [0.15, 0.2) is 0 Å². The second kappa shape index (κ2) is 4.49. The van der Waals surface area contributed by atoms with E-state index in [-0.39, 0.29) is 0 Å². The second-order valence-electron chi connectivity index (χ2n) is 3.56. The first-order valence-electron chi connectivity index (χ1n) is 5.12. The number of carboxylic acid groups (broad SMARTS) is 1. The molecule has 1 N–H and O–H groups in total. The van der Waals surface area contributed by atoms with Crippen LogP contribution in [0.4, 0.5) is 0 Å². The van der Waals surface area contributed by atoms with Crippen molar-refractivity contribution in [3.05, 3.63) is 46.8 Å². The first kappa shape index (κ1) is 10.9. The maximum absolute atomic E-state index is 10.8. The van der Waals surface area contributed by atoms with Gasteiger partial charge < -0.3 is 5.11 Å². The van der Waals surface area contributed by atoms with Gasteiger partial charge in [0.05, 0.1) is 5.56 Å².